The number of piperazine rings is 1. The number of phenolic OH excluding ortho intramolecular Hbond substituents is 1. The van der Waals surface area contributed by atoms with Crippen molar-refractivity contribution in [2.75, 3.05) is 66.6 Å². The summed E-state index contributed by atoms with van der Waals surface area (Å²) in [4.78, 5) is 21.0. The van der Waals surface area contributed by atoms with Crippen molar-refractivity contribution in [1.29, 1.82) is 0 Å². The molecule has 2 rings (SSSR count). The van der Waals surface area contributed by atoms with Crippen molar-refractivity contribution < 1.29 is 19.4 Å². The van der Waals surface area contributed by atoms with Crippen LogP contribution in [0.25, 0.3) is 0 Å². The number of amides is 1. The molecular weight excluding hydrogens is 374 g/mol. The largest absolute Gasteiger partial charge is 0.504 e. The highest BCUT2D eigenvalue weighted by molar-refractivity contribution is 5.80. The molecule has 1 aromatic rings. The molecule has 0 unspecified atom stereocenters. The Morgan fingerprint density at radius 1 is 1.21 bits per heavy atom. The third-order valence-corrected chi connectivity index (χ3v) is 4.70. The van der Waals surface area contributed by atoms with Crippen LogP contribution in [-0.2, 0) is 16.1 Å². The minimum Gasteiger partial charge on any atom is -0.504 e. The molecule has 1 fully saturated rings. The zero-order chi connectivity index (χ0) is 21.1. The lowest BCUT2D eigenvalue weighted by Gasteiger charge is -2.36. The van der Waals surface area contributed by atoms with Crippen LogP contribution in [0.3, 0.4) is 0 Å². The molecule has 3 N–H and O–H groups in total. The van der Waals surface area contributed by atoms with E-state index in [4.69, 9.17) is 9.47 Å². The third-order valence-electron chi connectivity index (χ3n) is 4.70. The van der Waals surface area contributed by atoms with Crippen LogP contribution in [0.4, 0.5) is 0 Å². The summed E-state index contributed by atoms with van der Waals surface area (Å²) in [5.41, 5.74) is 0.714. The molecule has 1 saturated heterocycles. The summed E-state index contributed by atoms with van der Waals surface area (Å²) in [5.74, 6) is 1.39. The van der Waals surface area contributed by atoms with E-state index in [1.54, 1.807) is 13.2 Å². The minimum atomic E-state index is 0.0181. The van der Waals surface area contributed by atoms with Gasteiger partial charge in [-0.25, -0.2) is 4.99 Å². The van der Waals surface area contributed by atoms with Gasteiger partial charge in [-0.1, -0.05) is 12.1 Å². The molecule has 0 atom stereocenters. The van der Waals surface area contributed by atoms with E-state index in [1.807, 2.05) is 19.1 Å². The molecule has 0 saturated carbocycles. The summed E-state index contributed by atoms with van der Waals surface area (Å²) in [7, 11) is 3.15. The van der Waals surface area contributed by atoms with Crippen molar-refractivity contribution in [3.63, 3.8) is 0 Å². The van der Waals surface area contributed by atoms with Gasteiger partial charge in [-0.15, -0.1) is 0 Å². The van der Waals surface area contributed by atoms with E-state index in [1.165, 1.54) is 7.11 Å². The van der Waals surface area contributed by atoms with Crippen LogP contribution in [0, 0.1) is 0 Å². The highest BCUT2D eigenvalue weighted by Gasteiger charge is 2.21. The Morgan fingerprint density at radius 3 is 2.62 bits per heavy atom. The Labute approximate surface area is 172 Å². The molecule has 0 aromatic heterocycles. The van der Waals surface area contributed by atoms with Crippen molar-refractivity contribution in [3.05, 3.63) is 23.8 Å². The molecule has 1 heterocycles. The van der Waals surface area contributed by atoms with Gasteiger partial charge in [0.15, 0.2) is 17.5 Å². The van der Waals surface area contributed by atoms with Gasteiger partial charge in [0, 0.05) is 51.9 Å². The van der Waals surface area contributed by atoms with Gasteiger partial charge < -0.3 is 30.1 Å². The smallest absolute Gasteiger partial charge is 0.234 e. The molecule has 0 aliphatic carbocycles. The van der Waals surface area contributed by atoms with Crippen molar-refractivity contribution in [3.8, 4) is 11.5 Å². The Kier molecular flexibility index (Phi) is 9.52. The monoisotopic (exact) mass is 407 g/mol. The molecule has 0 spiro atoms. The van der Waals surface area contributed by atoms with Gasteiger partial charge in [0.05, 0.1) is 26.8 Å². The normalized spacial score (nSPS) is 15.3. The van der Waals surface area contributed by atoms with Crippen LogP contribution < -0.4 is 15.4 Å². The zero-order valence-electron chi connectivity index (χ0n) is 17.6. The maximum absolute atomic E-state index is 12.0. The number of aromatic hydroxyl groups is 1. The summed E-state index contributed by atoms with van der Waals surface area (Å²) < 4.78 is 10.1. The molecule has 162 valence electrons. The number of methoxy groups -OCH3 is 2. The second-order valence-electron chi connectivity index (χ2n) is 6.74. The first-order chi connectivity index (χ1) is 14.1. The lowest BCUT2D eigenvalue weighted by Crippen LogP contribution is -2.54. The van der Waals surface area contributed by atoms with E-state index >= 15 is 0 Å². The van der Waals surface area contributed by atoms with E-state index in [0.717, 1.165) is 38.7 Å². The number of carbonyl (C=O) groups excluding carboxylic acids is 1. The predicted molar refractivity (Wildman–Crippen MR) is 112 cm³/mol. The number of aliphatic imine (C=N–C) groups is 1. The molecule has 29 heavy (non-hydrogen) atoms. The Balaban J connectivity index is 1.90. The number of hydrogen-bond acceptors (Lipinski definition) is 6. The highest BCUT2D eigenvalue weighted by atomic mass is 16.5. The standard InChI is InChI=1S/C20H33N5O4/c1-4-21-20(23-14-16-6-5-7-17(29-3)19(16)27)25-11-9-24(10-12-25)15-18(26)22-8-13-28-2/h5-7,27H,4,8-15H2,1-3H3,(H,21,23)(H,22,26). The molecule has 1 aliphatic heterocycles. The summed E-state index contributed by atoms with van der Waals surface area (Å²) >= 11 is 0. The van der Waals surface area contributed by atoms with Crippen LogP contribution >= 0.6 is 0 Å². The molecule has 1 aromatic carbocycles. The molecule has 9 heteroatoms. The topological polar surface area (TPSA) is 98.7 Å². The van der Waals surface area contributed by atoms with E-state index in [9.17, 15) is 9.90 Å². The van der Waals surface area contributed by atoms with Gasteiger partial charge in [-0.2, -0.15) is 0 Å². The number of rotatable bonds is 9. The molecule has 0 bridgehead atoms. The molecule has 0 radical (unpaired) electrons. The van der Waals surface area contributed by atoms with Crippen molar-refractivity contribution in [1.82, 2.24) is 20.4 Å². The zero-order valence-corrected chi connectivity index (χ0v) is 17.6. The van der Waals surface area contributed by atoms with Gasteiger partial charge in [0.1, 0.15) is 0 Å². The van der Waals surface area contributed by atoms with Crippen molar-refractivity contribution in [2.24, 2.45) is 4.99 Å². The Hall–Kier alpha value is -2.52. The van der Waals surface area contributed by atoms with Crippen LogP contribution in [0.15, 0.2) is 23.2 Å². The van der Waals surface area contributed by atoms with Gasteiger partial charge in [0.25, 0.3) is 0 Å². The van der Waals surface area contributed by atoms with Crippen molar-refractivity contribution >= 4 is 11.9 Å². The molecule has 1 aliphatic rings. The molecule has 9 nitrogen and oxygen atoms in total. The van der Waals surface area contributed by atoms with Crippen LogP contribution in [-0.4, -0.2) is 93.4 Å². The number of hydrogen-bond donors (Lipinski definition) is 3. The number of ether oxygens (including phenoxy) is 2. The van der Waals surface area contributed by atoms with E-state index in [2.05, 4.69) is 25.4 Å². The van der Waals surface area contributed by atoms with Crippen LogP contribution in [0.5, 0.6) is 11.5 Å². The number of nitrogens with one attached hydrogen (secondary N) is 2. The average Bonchev–Trinajstić information content (AvgIpc) is 2.73. The number of phenols is 1. The Bertz CT molecular complexity index is 675. The van der Waals surface area contributed by atoms with E-state index in [-0.39, 0.29) is 11.7 Å². The van der Waals surface area contributed by atoms with E-state index in [0.29, 0.717) is 37.6 Å². The van der Waals surface area contributed by atoms with Gasteiger partial charge in [0.2, 0.25) is 5.91 Å². The summed E-state index contributed by atoms with van der Waals surface area (Å²) in [6.07, 6.45) is 0. The first-order valence-electron chi connectivity index (χ1n) is 9.95. The minimum absolute atomic E-state index is 0.0181. The Morgan fingerprint density at radius 2 is 1.97 bits per heavy atom. The summed E-state index contributed by atoms with van der Waals surface area (Å²) in [6, 6.07) is 5.40. The third kappa shape index (κ3) is 7.10. The fourth-order valence-electron chi connectivity index (χ4n) is 3.12. The second kappa shape index (κ2) is 12.1. The quantitative estimate of drug-likeness (QED) is 0.307. The predicted octanol–water partition coefficient (Wildman–Crippen LogP) is 0.247. The SMILES string of the molecule is CCNC(=NCc1cccc(OC)c1O)N1CCN(CC(=O)NCCOC)CC1. The first kappa shape index (κ1) is 22.8. The molecule has 1 amide bonds. The second-order valence-corrected chi connectivity index (χ2v) is 6.74. The average molecular weight is 408 g/mol. The number of carbonyl (C=O) groups is 1. The number of nitrogens with zero attached hydrogens (tertiary/aromatic N) is 3. The van der Waals surface area contributed by atoms with E-state index < -0.39 is 0 Å². The summed E-state index contributed by atoms with van der Waals surface area (Å²) in [6.45, 7) is 7.71. The number of para-hydroxylation sites is 1. The highest BCUT2D eigenvalue weighted by Crippen LogP contribution is 2.29. The number of benzene rings is 1. The summed E-state index contributed by atoms with van der Waals surface area (Å²) in [5, 5.41) is 16.4. The molecular formula is C20H33N5O4. The fourth-order valence-corrected chi connectivity index (χ4v) is 3.12. The lowest BCUT2D eigenvalue weighted by atomic mass is 10.2. The van der Waals surface area contributed by atoms with Crippen LogP contribution in [0.2, 0.25) is 0 Å². The lowest BCUT2D eigenvalue weighted by molar-refractivity contribution is -0.122. The number of guanidine groups is 1. The van der Waals surface area contributed by atoms with Crippen molar-refractivity contribution in [2.45, 2.75) is 13.5 Å². The van der Waals surface area contributed by atoms with Gasteiger partial charge in [-0.3, -0.25) is 9.69 Å². The fraction of sp³-hybridized carbons (Fsp3) is 0.600. The van der Waals surface area contributed by atoms with Gasteiger partial charge >= 0.3 is 0 Å². The van der Waals surface area contributed by atoms with Gasteiger partial charge in [-0.05, 0) is 13.0 Å². The van der Waals surface area contributed by atoms with Crippen LogP contribution in [0.1, 0.15) is 12.5 Å². The maximum Gasteiger partial charge on any atom is 0.234 e. The first-order valence-corrected chi connectivity index (χ1v) is 9.95. The maximum atomic E-state index is 12.0.